The smallest absolute Gasteiger partial charge is 0.310 e. The summed E-state index contributed by atoms with van der Waals surface area (Å²) in [5.41, 5.74) is -0.225. The molecule has 1 N–H and O–H groups in total. The van der Waals surface area contributed by atoms with E-state index < -0.39 is 0 Å². The molecule has 1 atom stereocenters. The fourth-order valence-electron chi connectivity index (χ4n) is 1.91. The van der Waals surface area contributed by atoms with Crippen LogP contribution in [0.1, 0.15) is 6.42 Å². The Hall–Kier alpha value is -1.37. The Balaban J connectivity index is 2.18. The average molecular weight is 302 g/mol. The van der Waals surface area contributed by atoms with Gasteiger partial charge in [0, 0.05) is 13.1 Å². The zero-order chi connectivity index (χ0) is 12.4. The van der Waals surface area contributed by atoms with Gasteiger partial charge in [-0.25, -0.2) is 4.98 Å². The van der Waals surface area contributed by atoms with Crippen molar-refractivity contribution in [3.63, 3.8) is 0 Å². The van der Waals surface area contributed by atoms with Gasteiger partial charge in [-0.05, 0) is 22.4 Å². The zero-order valence-electron chi connectivity index (χ0n) is 9.27. The van der Waals surface area contributed by atoms with E-state index >= 15 is 0 Å². The minimum Gasteiger partial charge on any atom is -0.469 e. The number of nitrogens with zero attached hydrogens (tertiary/aromatic N) is 2. The van der Waals surface area contributed by atoms with Crippen molar-refractivity contribution >= 4 is 27.7 Å². The van der Waals surface area contributed by atoms with Crippen LogP contribution in [0.2, 0.25) is 0 Å². The first-order valence-corrected chi connectivity index (χ1v) is 5.98. The van der Waals surface area contributed by atoms with Crippen LogP contribution >= 0.6 is 15.9 Å². The fraction of sp³-hybridized carbons (Fsp3) is 0.500. The third kappa shape index (κ3) is 2.33. The Kier molecular flexibility index (Phi) is 3.46. The lowest BCUT2D eigenvalue weighted by Gasteiger charge is -2.17. The first-order valence-electron chi connectivity index (χ1n) is 5.19. The minimum atomic E-state index is -0.225. The highest BCUT2D eigenvalue weighted by Gasteiger charge is 2.30. The number of ether oxygens (including phenoxy) is 1. The quantitative estimate of drug-likeness (QED) is 0.807. The van der Waals surface area contributed by atoms with Gasteiger partial charge in [0.2, 0.25) is 0 Å². The van der Waals surface area contributed by atoms with Crippen molar-refractivity contribution in [1.29, 1.82) is 0 Å². The fourth-order valence-corrected chi connectivity index (χ4v) is 2.37. The SMILES string of the molecule is COC(=O)C1CCN(c2nc[nH]c(=O)c2Br)C1. The third-order valence-electron chi connectivity index (χ3n) is 2.80. The Morgan fingerprint density at radius 2 is 2.47 bits per heavy atom. The molecule has 7 heteroatoms. The van der Waals surface area contributed by atoms with E-state index in [0.29, 0.717) is 29.8 Å². The molecule has 6 nitrogen and oxygen atoms in total. The lowest BCUT2D eigenvalue weighted by atomic mass is 10.1. The highest BCUT2D eigenvalue weighted by molar-refractivity contribution is 9.10. The molecule has 1 unspecified atom stereocenters. The molecular formula is C10H12BrN3O3. The molecule has 2 heterocycles. The second-order valence-corrected chi connectivity index (χ2v) is 4.62. The van der Waals surface area contributed by atoms with Gasteiger partial charge in [0.05, 0.1) is 19.4 Å². The van der Waals surface area contributed by atoms with Crippen LogP contribution in [0.25, 0.3) is 0 Å². The number of hydrogen-bond donors (Lipinski definition) is 1. The van der Waals surface area contributed by atoms with Crippen molar-refractivity contribution < 1.29 is 9.53 Å². The maximum Gasteiger partial charge on any atom is 0.310 e. The molecule has 0 aliphatic carbocycles. The van der Waals surface area contributed by atoms with E-state index in [1.165, 1.54) is 13.4 Å². The first-order chi connectivity index (χ1) is 8.13. The molecule has 0 saturated carbocycles. The highest BCUT2D eigenvalue weighted by atomic mass is 79.9. The van der Waals surface area contributed by atoms with Crippen LogP contribution in [0.3, 0.4) is 0 Å². The van der Waals surface area contributed by atoms with Gasteiger partial charge < -0.3 is 14.6 Å². The number of anilines is 1. The number of halogens is 1. The lowest BCUT2D eigenvalue weighted by Crippen LogP contribution is -2.26. The summed E-state index contributed by atoms with van der Waals surface area (Å²) in [4.78, 5) is 31.3. The van der Waals surface area contributed by atoms with Crippen LogP contribution in [0, 0.1) is 5.92 Å². The van der Waals surface area contributed by atoms with Crippen LogP contribution < -0.4 is 10.5 Å². The molecule has 92 valence electrons. The summed E-state index contributed by atoms with van der Waals surface area (Å²) in [5.74, 6) is 0.210. The van der Waals surface area contributed by atoms with E-state index in [0.717, 1.165) is 0 Å². The molecule has 0 bridgehead atoms. The molecule has 1 fully saturated rings. The van der Waals surface area contributed by atoms with Crippen LogP contribution in [-0.2, 0) is 9.53 Å². The number of methoxy groups -OCH3 is 1. The normalized spacial score (nSPS) is 19.4. The van der Waals surface area contributed by atoms with Gasteiger partial charge in [-0.3, -0.25) is 9.59 Å². The van der Waals surface area contributed by atoms with E-state index in [1.54, 1.807) is 0 Å². The van der Waals surface area contributed by atoms with E-state index in [1.807, 2.05) is 4.90 Å². The number of hydrogen-bond acceptors (Lipinski definition) is 5. The summed E-state index contributed by atoms with van der Waals surface area (Å²) in [6.07, 6.45) is 2.07. The molecule has 17 heavy (non-hydrogen) atoms. The van der Waals surface area contributed by atoms with Gasteiger partial charge in [-0.15, -0.1) is 0 Å². The number of aromatic nitrogens is 2. The number of carbonyl (C=O) groups excluding carboxylic acids is 1. The monoisotopic (exact) mass is 301 g/mol. The van der Waals surface area contributed by atoms with Crippen LogP contribution in [0.15, 0.2) is 15.6 Å². The summed E-state index contributed by atoms with van der Waals surface area (Å²) in [6, 6.07) is 0. The summed E-state index contributed by atoms with van der Waals surface area (Å²) in [7, 11) is 1.38. The number of rotatable bonds is 2. The van der Waals surface area contributed by atoms with Gasteiger partial charge in [-0.1, -0.05) is 0 Å². The molecule has 1 aromatic rings. The van der Waals surface area contributed by atoms with Gasteiger partial charge in [0.25, 0.3) is 5.56 Å². The number of H-pyrrole nitrogens is 1. The molecule has 1 aromatic heterocycles. The summed E-state index contributed by atoms with van der Waals surface area (Å²) >= 11 is 3.20. The molecule has 0 spiro atoms. The van der Waals surface area contributed by atoms with Crippen molar-refractivity contribution in [2.75, 3.05) is 25.1 Å². The second-order valence-electron chi connectivity index (χ2n) is 3.82. The zero-order valence-corrected chi connectivity index (χ0v) is 10.9. The lowest BCUT2D eigenvalue weighted by molar-refractivity contribution is -0.144. The third-order valence-corrected chi connectivity index (χ3v) is 3.52. The van der Waals surface area contributed by atoms with Crippen LogP contribution in [-0.4, -0.2) is 36.1 Å². The number of carbonyl (C=O) groups is 1. The van der Waals surface area contributed by atoms with Gasteiger partial charge in [0.15, 0.2) is 0 Å². The van der Waals surface area contributed by atoms with E-state index in [-0.39, 0.29) is 17.4 Å². The number of esters is 1. The van der Waals surface area contributed by atoms with Crippen molar-refractivity contribution in [2.45, 2.75) is 6.42 Å². The Morgan fingerprint density at radius 1 is 1.71 bits per heavy atom. The molecule has 0 aromatic carbocycles. The molecule has 0 radical (unpaired) electrons. The van der Waals surface area contributed by atoms with Crippen molar-refractivity contribution in [3.8, 4) is 0 Å². The summed E-state index contributed by atoms with van der Waals surface area (Å²) in [5, 5.41) is 0. The molecule has 1 aliphatic heterocycles. The standard InChI is InChI=1S/C10H12BrN3O3/c1-17-10(16)6-2-3-14(4-6)8-7(11)9(15)13-5-12-8/h5-6H,2-4H2,1H3,(H,12,13,15). The topological polar surface area (TPSA) is 75.3 Å². The van der Waals surface area contributed by atoms with E-state index in [2.05, 4.69) is 25.9 Å². The maximum absolute atomic E-state index is 11.4. The van der Waals surface area contributed by atoms with Crippen molar-refractivity contribution in [2.24, 2.45) is 5.92 Å². The molecular weight excluding hydrogens is 290 g/mol. The van der Waals surface area contributed by atoms with E-state index in [4.69, 9.17) is 4.74 Å². The Labute approximate surface area is 106 Å². The Bertz CT molecular complexity index is 488. The van der Waals surface area contributed by atoms with Crippen LogP contribution in [0.4, 0.5) is 5.82 Å². The average Bonchev–Trinajstić information content (AvgIpc) is 2.81. The molecule has 1 saturated heterocycles. The van der Waals surface area contributed by atoms with Gasteiger partial charge >= 0.3 is 5.97 Å². The second kappa shape index (κ2) is 4.87. The first kappa shape index (κ1) is 12.1. The van der Waals surface area contributed by atoms with Crippen LogP contribution in [0.5, 0.6) is 0 Å². The maximum atomic E-state index is 11.4. The minimum absolute atomic E-state index is 0.145. The Morgan fingerprint density at radius 3 is 3.18 bits per heavy atom. The summed E-state index contributed by atoms with van der Waals surface area (Å²) in [6.45, 7) is 1.22. The van der Waals surface area contributed by atoms with Crippen molar-refractivity contribution in [3.05, 3.63) is 21.2 Å². The molecule has 1 aliphatic rings. The predicted molar refractivity (Wildman–Crippen MR) is 64.9 cm³/mol. The largest absolute Gasteiger partial charge is 0.469 e. The molecule has 0 amide bonds. The van der Waals surface area contributed by atoms with Gasteiger partial charge in [-0.2, -0.15) is 0 Å². The van der Waals surface area contributed by atoms with E-state index in [9.17, 15) is 9.59 Å². The molecule has 2 rings (SSSR count). The number of nitrogens with one attached hydrogen (secondary N) is 1. The van der Waals surface area contributed by atoms with Gasteiger partial charge in [0.1, 0.15) is 10.3 Å². The predicted octanol–water partition coefficient (Wildman–Crippen LogP) is 0.532. The van der Waals surface area contributed by atoms with Crippen molar-refractivity contribution in [1.82, 2.24) is 9.97 Å². The highest BCUT2D eigenvalue weighted by Crippen LogP contribution is 2.26. The summed E-state index contributed by atoms with van der Waals surface area (Å²) < 4.78 is 5.10. The number of aromatic amines is 1.